The number of aliphatic hydroxyl groups excluding tert-OH is 1. The van der Waals surface area contributed by atoms with Crippen molar-refractivity contribution in [3.8, 4) is 0 Å². The summed E-state index contributed by atoms with van der Waals surface area (Å²) in [5.41, 5.74) is 0. The summed E-state index contributed by atoms with van der Waals surface area (Å²) in [7, 11) is 0. The molecule has 284 valence electrons. The Bertz CT molecular complexity index is 691. The number of hydrogen-bond acceptors (Lipinski definition) is 5. The molecule has 1 unspecified atom stereocenters. The fraction of sp³-hybridized carbons (Fsp3) is 0.907. The highest BCUT2D eigenvalue weighted by atomic mass is 16.6. The minimum Gasteiger partial charge on any atom is -0.462 e. The minimum absolute atomic E-state index is 0.0602. The van der Waals surface area contributed by atoms with Crippen LogP contribution >= 0.6 is 0 Å². The third kappa shape index (κ3) is 37.5. The van der Waals surface area contributed by atoms with Gasteiger partial charge in [0, 0.05) is 12.8 Å². The molecule has 0 fully saturated rings. The zero-order chi connectivity index (χ0) is 35.0. The van der Waals surface area contributed by atoms with E-state index in [-0.39, 0.29) is 25.2 Å². The van der Waals surface area contributed by atoms with Gasteiger partial charge in [-0.2, -0.15) is 0 Å². The Kier molecular flexibility index (Phi) is 38.9. The lowest BCUT2D eigenvalue weighted by molar-refractivity contribution is -0.161. The largest absolute Gasteiger partial charge is 0.462 e. The van der Waals surface area contributed by atoms with E-state index >= 15 is 0 Å². The van der Waals surface area contributed by atoms with Gasteiger partial charge in [0.25, 0.3) is 0 Å². The van der Waals surface area contributed by atoms with Crippen LogP contribution < -0.4 is 0 Å². The number of hydrogen-bond donors (Lipinski definition) is 1. The van der Waals surface area contributed by atoms with Crippen LogP contribution in [-0.2, 0) is 19.1 Å². The molecule has 0 rings (SSSR count). The molecule has 0 saturated heterocycles. The molecule has 0 saturated carbocycles. The maximum absolute atomic E-state index is 12.2. The lowest BCUT2D eigenvalue weighted by Gasteiger charge is -2.15. The maximum atomic E-state index is 12.2. The second-order valence-electron chi connectivity index (χ2n) is 14.4. The van der Waals surface area contributed by atoms with Crippen molar-refractivity contribution in [3.63, 3.8) is 0 Å². The summed E-state index contributed by atoms with van der Waals surface area (Å²) in [5.74, 6) is -0.580. The molecule has 0 aliphatic carbocycles. The molecular formula is C43H82O5. The van der Waals surface area contributed by atoms with Gasteiger partial charge in [-0.05, 0) is 38.5 Å². The van der Waals surface area contributed by atoms with E-state index in [0.29, 0.717) is 12.8 Å². The molecule has 48 heavy (non-hydrogen) atoms. The number of rotatable bonds is 39. The third-order valence-electron chi connectivity index (χ3n) is 9.56. The highest BCUT2D eigenvalue weighted by molar-refractivity contribution is 5.70. The summed E-state index contributed by atoms with van der Waals surface area (Å²) >= 11 is 0. The fourth-order valence-corrected chi connectivity index (χ4v) is 6.31. The van der Waals surface area contributed by atoms with Crippen LogP contribution in [0.4, 0.5) is 0 Å². The molecule has 0 spiro atoms. The topological polar surface area (TPSA) is 72.8 Å². The van der Waals surface area contributed by atoms with Crippen LogP contribution in [0.25, 0.3) is 0 Å². The first kappa shape index (κ1) is 46.6. The molecule has 0 aliphatic rings. The number of carbonyl (C=O) groups is 2. The number of carbonyl (C=O) groups excluding carboxylic acids is 2. The number of ether oxygens (including phenoxy) is 2. The molecule has 0 radical (unpaired) electrons. The average Bonchev–Trinajstić information content (AvgIpc) is 3.09. The van der Waals surface area contributed by atoms with Gasteiger partial charge in [-0.3, -0.25) is 9.59 Å². The standard InChI is InChI=1S/C43H82O5/c1-3-5-7-9-11-13-15-17-19-20-21-22-24-26-28-30-32-34-36-38-43(46)48-41(39-44)40-47-42(45)37-35-33-31-29-27-25-23-18-16-14-12-10-8-6-4-2/h17,19,41,44H,3-16,18,20-40H2,1-2H3/b19-17-. The van der Waals surface area contributed by atoms with E-state index < -0.39 is 6.10 Å². The number of allylic oxidation sites excluding steroid dienone is 2. The molecule has 0 aliphatic heterocycles. The van der Waals surface area contributed by atoms with Gasteiger partial charge in [0.1, 0.15) is 6.61 Å². The summed E-state index contributed by atoms with van der Waals surface area (Å²) in [6.07, 6.45) is 45.6. The summed E-state index contributed by atoms with van der Waals surface area (Å²) < 4.78 is 10.6. The highest BCUT2D eigenvalue weighted by Gasteiger charge is 2.16. The smallest absolute Gasteiger partial charge is 0.306 e. The summed E-state index contributed by atoms with van der Waals surface area (Å²) in [4.78, 5) is 24.3. The predicted molar refractivity (Wildman–Crippen MR) is 205 cm³/mol. The van der Waals surface area contributed by atoms with Crippen LogP contribution in [-0.4, -0.2) is 36.4 Å². The summed E-state index contributed by atoms with van der Waals surface area (Å²) in [5, 5.41) is 9.57. The van der Waals surface area contributed by atoms with Gasteiger partial charge < -0.3 is 14.6 Å². The van der Waals surface area contributed by atoms with Crippen LogP contribution in [0.3, 0.4) is 0 Å². The van der Waals surface area contributed by atoms with Crippen molar-refractivity contribution < 1.29 is 24.2 Å². The molecule has 0 aromatic carbocycles. The van der Waals surface area contributed by atoms with Crippen molar-refractivity contribution in [2.45, 2.75) is 238 Å². The van der Waals surface area contributed by atoms with E-state index in [1.54, 1.807) is 0 Å². The first-order chi connectivity index (χ1) is 23.6. The normalized spacial score (nSPS) is 12.1. The summed E-state index contributed by atoms with van der Waals surface area (Å²) in [6, 6.07) is 0. The average molecular weight is 679 g/mol. The second kappa shape index (κ2) is 40.1. The zero-order valence-corrected chi connectivity index (χ0v) is 32.3. The van der Waals surface area contributed by atoms with Crippen molar-refractivity contribution in [3.05, 3.63) is 12.2 Å². The van der Waals surface area contributed by atoms with Gasteiger partial charge in [0.2, 0.25) is 0 Å². The Morgan fingerprint density at radius 3 is 1.12 bits per heavy atom. The van der Waals surface area contributed by atoms with Gasteiger partial charge in [-0.15, -0.1) is 0 Å². The van der Waals surface area contributed by atoms with Crippen molar-refractivity contribution in [1.29, 1.82) is 0 Å². The van der Waals surface area contributed by atoms with E-state index in [2.05, 4.69) is 26.0 Å². The van der Waals surface area contributed by atoms with E-state index in [4.69, 9.17) is 9.47 Å². The molecule has 0 bridgehead atoms. The molecule has 0 aromatic rings. The molecular weight excluding hydrogens is 596 g/mol. The number of esters is 2. The lowest BCUT2D eigenvalue weighted by Crippen LogP contribution is -2.28. The van der Waals surface area contributed by atoms with Crippen molar-refractivity contribution in [2.75, 3.05) is 13.2 Å². The van der Waals surface area contributed by atoms with Crippen molar-refractivity contribution >= 4 is 11.9 Å². The van der Waals surface area contributed by atoms with Crippen molar-refractivity contribution in [1.82, 2.24) is 0 Å². The first-order valence-electron chi connectivity index (χ1n) is 21.2. The van der Waals surface area contributed by atoms with Gasteiger partial charge in [0.15, 0.2) is 6.10 Å². The zero-order valence-electron chi connectivity index (χ0n) is 32.3. The molecule has 0 aromatic heterocycles. The molecule has 0 heterocycles. The van der Waals surface area contributed by atoms with Crippen molar-refractivity contribution in [2.24, 2.45) is 0 Å². The second-order valence-corrected chi connectivity index (χ2v) is 14.4. The Hall–Kier alpha value is -1.36. The quantitative estimate of drug-likeness (QED) is 0.0398. The summed E-state index contributed by atoms with van der Waals surface area (Å²) in [6.45, 7) is 4.16. The molecule has 5 heteroatoms. The Balaban J connectivity index is 3.50. The lowest BCUT2D eigenvalue weighted by atomic mass is 10.0. The van der Waals surface area contributed by atoms with E-state index in [9.17, 15) is 14.7 Å². The molecule has 0 amide bonds. The predicted octanol–water partition coefficient (Wildman–Crippen LogP) is 13.3. The first-order valence-corrected chi connectivity index (χ1v) is 21.2. The monoisotopic (exact) mass is 679 g/mol. The molecule has 5 nitrogen and oxygen atoms in total. The SMILES string of the molecule is CCCCCCCC/C=C\CCCCCCCCCCCC(=O)OC(CO)COC(=O)CCCCCCCCCCCCCCCCC. The third-order valence-corrected chi connectivity index (χ3v) is 9.56. The van der Waals surface area contributed by atoms with Gasteiger partial charge in [0.05, 0.1) is 6.61 Å². The van der Waals surface area contributed by atoms with Gasteiger partial charge in [-0.1, -0.05) is 193 Å². The molecule has 1 N–H and O–H groups in total. The van der Waals surface area contributed by atoms with Crippen LogP contribution in [0, 0.1) is 0 Å². The highest BCUT2D eigenvalue weighted by Crippen LogP contribution is 2.15. The van der Waals surface area contributed by atoms with E-state index in [0.717, 1.165) is 32.1 Å². The Morgan fingerprint density at radius 2 is 0.771 bits per heavy atom. The maximum Gasteiger partial charge on any atom is 0.306 e. The Morgan fingerprint density at radius 1 is 0.458 bits per heavy atom. The van der Waals surface area contributed by atoms with E-state index in [1.807, 2.05) is 0 Å². The van der Waals surface area contributed by atoms with Gasteiger partial charge >= 0.3 is 11.9 Å². The van der Waals surface area contributed by atoms with Crippen LogP contribution in [0.1, 0.15) is 232 Å². The van der Waals surface area contributed by atoms with Gasteiger partial charge in [-0.25, -0.2) is 0 Å². The number of aliphatic hydroxyl groups is 1. The molecule has 1 atom stereocenters. The number of unbranched alkanes of at least 4 members (excludes halogenated alkanes) is 29. The minimum atomic E-state index is -0.765. The van der Waals surface area contributed by atoms with Crippen LogP contribution in [0.15, 0.2) is 12.2 Å². The Labute approximate surface area is 299 Å². The van der Waals surface area contributed by atoms with Crippen LogP contribution in [0.5, 0.6) is 0 Å². The fourth-order valence-electron chi connectivity index (χ4n) is 6.31. The van der Waals surface area contributed by atoms with E-state index in [1.165, 1.54) is 173 Å². The van der Waals surface area contributed by atoms with Crippen LogP contribution in [0.2, 0.25) is 0 Å².